The molecule has 0 saturated carbocycles. The number of amides is 1. The van der Waals surface area contributed by atoms with Crippen LogP contribution in [0.2, 0.25) is 5.02 Å². The van der Waals surface area contributed by atoms with Crippen molar-refractivity contribution in [3.05, 3.63) is 39.4 Å². The lowest BCUT2D eigenvalue weighted by Crippen LogP contribution is -2.46. The molecule has 3 rings (SSSR count). The summed E-state index contributed by atoms with van der Waals surface area (Å²) in [7, 11) is 0. The number of allylic oxidation sites excluding steroid dienone is 2. The first-order valence-corrected chi connectivity index (χ1v) is 9.83. The number of benzene rings is 1. The minimum absolute atomic E-state index is 0.0569. The zero-order valence-electron chi connectivity index (χ0n) is 16.8. The highest BCUT2D eigenvalue weighted by Crippen LogP contribution is 2.53. The monoisotopic (exact) mass is 386 g/mol. The number of carbonyl (C=O) groups excluding carboxylic acids is 1. The molecule has 5 heteroatoms. The van der Waals surface area contributed by atoms with E-state index in [0.717, 1.165) is 46.6 Å². The third kappa shape index (κ3) is 3.71. The molecule has 0 unspecified atom stereocenters. The summed E-state index contributed by atoms with van der Waals surface area (Å²) >= 11 is 6.44. The van der Waals surface area contributed by atoms with Gasteiger partial charge in [0.1, 0.15) is 5.60 Å². The molecule has 1 aromatic carbocycles. The van der Waals surface area contributed by atoms with Gasteiger partial charge in [-0.25, -0.2) is 4.79 Å². The average Bonchev–Trinajstić information content (AvgIpc) is 2.87. The third-order valence-corrected chi connectivity index (χ3v) is 6.11. The lowest BCUT2D eigenvalue weighted by molar-refractivity contribution is 0.0168. The highest BCUT2D eigenvalue weighted by Gasteiger charge is 2.45. The fraction of sp³-hybridized carbons (Fsp3) is 0.545. The maximum absolute atomic E-state index is 12.4. The Morgan fingerprint density at radius 3 is 2.48 bits per heavy atom. The van der Waals surface area contributed by atoms with Gasteiger partial charge in [0.05, 0.1) is 6.07 Å². The summed E-state index contributed by atoms with van der Waals surface area (Å²) in [6, 6.07) is 6.51. The molecule has 1 fully saturated rings. The van der Waals surface area contributed by atoms with Crippen molar-refractivity contribution in [1.82, 2.24) is 4.90 Å². The van der Waals surface area contributed by atoms with Gasteiger partial charge in [-0.1, -0.05) is 11.6 Å². The van der Waals surface area contributed by atoms with Gasteiger partial charge >= 0.3 is 6.09 Å². The molecular weight excluding hydrogens is 360 g/mol. The summed E-state index contributed by atoms with van der Waals surface area (Å²) in [4.78, 5) is 14.2. The lowest BCUT2D eigenvalue weighted by atomic mass is 9.73. The van der Waals surface area contributed by atoms with Crippen molar-refractivity contribution in [2.24, 2.45) is 0 Å². The van der Waals surface area contributed by atoms with Crippen LogP contribution in [0.1, 0.15) is 63.6 Å². The predicted octanol–water partition coefficient (Wildman–Crippen LogP) is 5.62. The van der Waals surface area contributed by atoms with E-state index in [1.165, 1.54) is 5.56 Å². The van der Waals surface area contributed by atoms with Gasteiger partial charge in [-0.15, -0.1) is 0 Å². The second-order valence-electron chi connectivity index (χ2n) is 8.79. The molecule has 1 spiro atoms. The molecule has 0 bridgehead atoms. The van der Waals surface area contributed by atoms with E-state index < -0.39 is 5.60 Å². The third-order valence-electron chi connectivity index (χ3n) is 5.70. The molecule has 0 aromatic heterocycles. The Balaban J connectivity index is 1.90. The molecule has 1 heterocycles. The van der Waals surface area contributed by atoms with Crippen LogP contribution in [0.5, 0.6) is 0 Å². The molecule has 27 heavy (non-hydrogen) atoms. The number of hydrogen-bond acceptors (Lipinski definition) is 3. The van der Waals surface area contributed by atoms with Crippen LogP contribution >= 0.6 is 11.6 Å². The number of nitrogens with zero attached hydrogens (tertiary/aromatic N) is 2. The largest absolute Gasteiger partial charge is 0.444 e. The second-order valence-corrected chi connectivity index (χ2v) is 9.19. The van der Waals surface area contributed by atoms with Gasteiger partial charge in [0.25, 0.3) is 0 Å². The SMILES string of the molecule is CC(C#N)=C1CC2(CCN(C(=O)OC(C)(C)C)CC2)c2cc(Cl)c(C)cc21. The standard InChI is InChI=1S/C22H27ClN2O2/c1-14-10-16-17(15(2)13-24)12-22(18(16)11-19(14)23)6-8-25(9-7-22)20(26)27-21(3,4)5/h10-11H,6-9,12H2,1-5H3. The van der Waals surface area contributed by atoms with Gasteiger partial charge in [-0.2, -0.15) is 5.26 Å². The molecule has 144 valence electrons. The summed E-state index contributed by atoms with van der Waals surface area (Å²) in [5.74, 6) is 0. The molecular formula is C22H27ClN2O2. The summed E-state index contributed by atoms with van der Waals surface area (Å²) in [5.41, 5.74) is 4.76. The first kappa shape index (κ1) is 19.8. The van der Waals surface area contributed by atoms with E-state index in [9.17, 15) is 10.1 Å². The van der Waals surface area contributed by atoms with Crippen molar-refractivity contribution in [3.63, 3.8) is 0 Å². The summed E-state index contributed by atoms with van der Waals surface area (Å²) in [5, 5.41) is 10.2. The Bertz CT molecular complexity index is 850. The number of fused-ring (bicyclic) bond motifs is 2. The van der Waals surface area contributed by atoms with E-state index in [-0.39, 0.29) is 11.5 Å². The van der Waals surface area contributed by atoms with Crippen LogP contribution in [-0.2, 0) is 10.2 Å². The zero-order valence-corrected chi connectivity index (χ0v) is 17.5. The number of halogens is 1. The van der Waals surface area contributed by atoms with Gasteiger partial charge in [-0.05, 0) is 88.3 Å². The topological polar surface area (TPSA) is 53.3 Å². The van der Waals surface area contributed by atoms with Gasteiger partial charge in [0, 0.05) is 29.1 Å². The predicted molar refractivity (Wildman–Crippen MR) is 108 cm³/mol. The second kappa shape index (κ2) is 6.87. The molecule has 0 atom stereocenters. The van der Waals surface area contributed by atoms with Crippen LogP contribution < -0.4 is 0 Å². The van der Waals surface area contributed by atoms with Crippen molar-refractivity contribution in [3.8, 4) is 6.07 Å². The number of hydrogen-bond donors (Lipinski definition) is 0. The molecule has 0 radical (unpaired) electrons. The number of nitriles is 1. The first-order chi connectivity index (χ1) is 12.6. The normalized spacial score (nSPS) is 20.3. The molecule has 4 nitrogen and oxygen atoms in total. The van der Waals surface area contributed by atoms with E-state index in [1.807, 2.05) is 34.6 Å². The number of likely N-dealkylation sites (tertiary alicyclic amines) is 1. The van der Waals surface area contributed by atoms with Crippen molar-refractivity contribution < 1.29 is 9.53 Å². The highest BCUT2D eigenvalue weighted by molar-refractivity contribution is 6.31. The van der Waals surface area contributed by atoms with Gasteiger partial charge in [0.2, 0.25) is 0 Å². The molecule has 1 aromatic rings. The Labute approximate surface area is 166 Å². The van der Waals surface area contributed by atoms with E-state index in [0.29, 0.717) is 13.1 Å². The van der Waals surface area contributed by atoms with Crippen LogP contribution in [0.4, 0.5) is 4.79 Å². The zero-order chi connectivity index (χ0) is 20.0. The molecule has 2 aliphatic rings. The van der Waals surface area contributed by atoms with Crippen LogP contribution in [-0.4, -0.2) is 29.7 Å². The first-order valence-electron chi connectivity index (χ1n) is 9.45. The van der Waals surface area contributed by atoms with E-state index in [1.54, 1.807) is 4.90 Å². The maximum atomic E-state index is 12.4. The Morgan fingerprint density at radius 2 is 1.93 bits per heavy atom. The van der Waals surface area contributed by atoms with Crippen LogP contribution in [0.25, 0.3) is 5.57 Å². The van der Waals surface area contributed by atoms with Crippen LogP contribution in [0.15, 0.2) is 17.7 Å². The number of carbonyl (C=O) groups is 1. The Kier molecular flexibility index (Phi) is 5.03. The van der Waals surface area contributed by atoms with Gasteiger partial charge in [-0.3, -0.25) is 0 Å². The summed E-state index contributed by atoms with van der Waals surface area (Å²) in [6.07, 6.45) is 2.28. The molecule has 1 saturated heterocycles. The van der Waals surface area contributed by atoms with Gasteiger partial charge < -0.3 is 9.64 Å². The van der Waals surface area contributed by atoms with Crippen LogP contribution in [0, 0.1) is 18.3 Å². The number of aryl methyl sites for hydroxylation is 1. The molecule has 0 N–H and O–H groups in total. The maximum Gasteiger partial charge on any atom is 0.410 e. The highest BCUT2D eigenvalue weighted by atomic mass is 35.5. The minimum atomic E-state index is -0.489. The van der Waals surface area contributed by atoms with E-state index in [4.69, 9.17) is 16.3 Å². The number of piperidine rings is 1. The van der Waals surface area contributed by atoms with E-state index in [2.05, 4.69) is 18.2 Å². The minimum Gasteiger partial charge on any atom is -0.444 e. The van der Waals surface area contributed by atoms with Crippen molar-refractivity contribution >= 4 is 23.3 Å². The smallest absolute Gasteiger partial charge is 0.410 e. The molecule has 1 amide bonds. The molecule has 1 aliphatic carbocycles. The van der Waals surface area contributed by atoms with Crippen molar-refractivity contribution in [1.29, 1.82) is 5.26 Å². The molecule has 1 aliphatic heterocycles. The van der Waals surface area contributed by atoms with Crippen molar-refractivity contribution in [2.75, 3.05) is 13.1 Å². The fourth-order valence-corrected chi connectivity index (χ4v) is 4.35. The Morgan fingerprint density at radius 1 is 1.30 bits per heavy atom. The lowest BCUT2D eigenvalue weighted by Gasteiger charge is -2.40. The van der Waals surface area contributed by atoms with Crippen LogP contribution in [0.3, 0.4) is 0 Å². The van der Waals surface area contributed by atoms with Gasteiger partial charge in [0.15, 0.2) is 0 Å². The Hall–Kier alpha value is -1.99. The summed E-state index contributed by atoms with van der Waals surface area (Å²) < 4.78 is 5.52. The van der Waals surface area contributed by atoms with Crippen molar-refractivity contribution in [2.45, 2.75) is 64.9 Å². The number of ether oxygens (including phenoxy) is 1. The quantitative estimate of drug-likeness (QED) is 0.544. The number of rotatable bonds is 0. The average molecular weight is 387 g/mol. The fourth-order valence-electron chi connectivity index (χ4n) is 4.19. The van der Waals surface area contributed by atoms with E-state index >= 15 is 0 Å². The summed E-state index contributed by atoms with van der Waals surface area (Å²) in [6.45, 7) is 10.8.